The van der Waals surface area contributed by atoms with E-state index in [1.807, 2.05) is 29.2 Å². The standard InChI is InChI=1S/C19H28N2O3/c1-4-15-6-9-16(10-7-15)19(23)21-13-17(8-5-14(21)2)18(22)20-11-12-24-3/h6-7,9-10,14,17H,4-5,8,11-13H2,1-3H3,(H,20,22)/t14-,17-/m1/s1. The third kappa shape index (κ3) is 4.57. The van der Waals surface area contributed by atoms with Crippen LogP contribution in [0.1, 0.15) is 42.6 Å². The Bertz CT molecular complexity index is 556. The molecule has 0 bridgehead atoms. The molecular weight excluding hydrogens is 304 g/mol. The van der Waals surface area contributed by atoms with Crippen LogP contribution in [-0.2, 0) is 16.0 Å². The average molecular weight is 332 g/mol. The quantitative estimate of drug-likeness (QED) is 0.813. The Morgan fingerprint density at radius 1 is 1.25 bits per heavy atom. The van der Waals surface area contributed by atoms with E-state index in [0.717, 1.165) is 19.3 Å². The smallest absolute Gasteiger partial charge is 0.254 e. The summed E-state index contributed by atoms with van der Waals surface area (Å²) in [5, 5.41) is 2.88. The molecule has 132 valence electrons. The number of nitrogens with zero attached hydrogens (tertiary/aromatic N) is 1. The highest BCUT2D eigenvalue weighted by atomic mass is 16.5. The van der Waals surface area contributed by atoms with Crippen LogP contribution < -0.4 is 5.32 Å². The molecule has 0 unspecified atom stereocenters. The second-order valence-corrected chi connectivity index (χ2v) is 6.42. The Balaban J connectivity index is 2.01. The van der Waals surface area contributed by atoms with Gasteiger partial charge in [-0.3, -0.25) is 9.59 Å². The summed E-state index contributed by atoms with van der Waals surface area (Å²) in [6.07, 6.45) is 2.62. The second kappa shape index (κ2) is 8.83. The first-order chi connectivity index (χ1) is 11.6. The van der Waals surface area contributed by atoms with E-state index in [0.29, 0.717) is 25.3 Å². The fraction of sp³-hybridized carbons (Fsp3) is 0.579. The molecule has 0 aliphatic carbocycles. The predicted octanol–water partition coefficient (Wildman–Crippen LogP) is 2.25. The molecule has 2 atom stereocenters. The Morgan fingerprint density at radius 2 is 1.96 bits per heavy atom. The number of benzene rings is 1. The van der Waals surface area contributed by atoms with Crippen molar-refractivity contribution in [1.82, 2.24) is 10.2 Å². The van der Waals surface area contributed by atoms with Crippen LogP contribution in [0.3, 0.4) is 0 Å². The lowest BCUT2D eigenvalue weighted by atomic mass is 9.92. The molecule has 1 aromatic rings. The van der Waals surface area contributed by atoms with Crippen molar-refractivity contribution in [3.63, 3.8) is 0 Å². The summed E-state index contributed by atoms with van der Waals surface area (Å²) >= 11 is 0. The molecule has 24 heavy (non-hydrogen) atoms. The van der Waals surface area contributed by atoms with Crippen LogP contribution in [0.2, 0.25) is 0 Å². The van der Waals surface area contributed by atoms with E-state index in [1.165, 1.54) is 5.56 Å². The molecular formula is C19H28N2O3. The number of nitrogens with one attached hydrogen (secondary N) is 1. The van der Waals surface area contributed by atoms with Gasteiger partial charge in [-0.05, 0) is 43.9 Å². The van der Waals surface area contributed by atoms with E-state index in [1.54, 1.807) is 7.11 Å². The highest BCUT2D eigenvalue weighted by Gasteiger charge is 2.32. The monoisotopic (exact) mass is 332 g/mol. The number of rotatable bonds is 6. The number of likely N-dealkylation sites (tertiary alicyclic amines) is 1. The Morgan fingerprint density at radius 3 is 2.58 bits per heavy atom. The molecule has 1 aliphatic heterocycles. The normalized spacial score (nSPS) is 20.7. The average Bonchev–Trinajstić information content (AvgIpc) is 2.61. The van der Waals surface area contributed by atoms with Gasteiger partial charge in [0, 0.05) is 31.8 Å². The van der Waals surface area contributed by atoms with Crippen LogP contribution in [0.5, 0.6) is 0 Å². The van der Waals surface area contributed by atoms with Crippen molar-refractivity contribution in [3.05, 3.63) is 35.4 Å². The van der Waals surface area contributed by atoms with Gasteiger partial charge in [0.15, 0.2) is 0 Å². The van der Waals surface area contributed by atoms with Gasteiger partial charge in [-0.2, -0.15) is 0 Å². The number of hydrogen-bond acceptors (Lipinski definition) is 3. The molecule has 0 aromatic heterocycles. The van der Waals surface area contributed by atoms with Crippen molar-refractivity contribution < 1.29 is 14.3 Å². The Kier molecular flexibility index (Phi) is 6.79. The number of piperidine rings is 1. The van der Waals surface area contributed by atoms with Crippen LogP contribution in [-0.4, -0.2) is 49.6 Å². The molecule has 5 heteroatoms. The number of hydrogen-bond donors (Lipinski definition) is 1. The molecule has 0 saturated carbocycles. The second-order valence-electron chi connectivity index (χ2n) is 6.42. The largest absolute Gasteiger partial charge is 0.383 e. The lowest BCUT2D eigenvalue weighted by Gasteiger charge is -2.37. The summed E-state index contributed by atoms with van der Waals surface area (Å²) in [5.41, 5.74) is 1.91. The van der Waals surface area contributed by atoms with E-state index in [-0.39, 0.29) is 23.8 Å². The molecule has 1 aromatic carbocycles. The van der Waals surface area contributed by atoms with Gasteiger partial charge in [0.25, 0.3) is 5.91 Å². The van der Waals surface area contributed by atoms with Crippen LogP contribution in [0, 0.1) is 5.92 Å². The van der Waals surface area contributed by atoms with Crippen LogP contribution >= 0.6 is 0 Å². The van der Waals surface area contributed by atoms with Gasteiger partial charge < -0.3 is 15.0 Å². The molecule has 1 saturated heterocycles. The number of carbonyl (C=O) groups excluding carboxylic acids is 2. The van der Waals surface area contributed by atoms with Crippen LogP contribution in [0.4, 0.5) is 0 Å². The van der Waals surface area contributed by atoms with Crippen molar-refractivity contribution in [2.75, 3.05) is 26.8 Å². The number of carbonyl (C=O) groups is 2. The lowest BCUT2D eigenvalue weighted by molar-refractivity contribution is -0.126. The van der Waals surface area contributed by atoms with Crippen LogP contribution in [0.25, 0.3) is 0 Å². The molecule has 0 radical (unpaired) electrons. The third-order valence-corrected chi connectivity index (χ3v) is 4.73. The van der Waals surface area contributed by atoms with E-state index >= 15 is 0 Å². The summed E-state index contributed by atoms with van der Waals surface area (Å²) < 4.78 is 4.95. The predicted molar refractivity (Wildman–Crippen MR) is 93.9 cm³/mol. The Hall–Kier alpha value is -1.88. The number of ether oxygens (including phenoxy) is 1. The van der Waals surface area contributed by atoms with E-state index in [4.69, 9.17) is 4.74 Å². The number of methoxy groups -OCH3 is 1. The van der Waals surface area contributed by atoms with Gasteiger partial charge in [-0.15, -0.1) is 0 Å². The molecule has 1 fully saturated rings. The zero-order chi connectivity index (χ0) is 17.5. The maximum absolute atomic E-state index is 12.8. The van der Waals surface area contributed by atoms with Gasteiger partial charge in [0.2, 0.25) is 5.91 Å². The molecule has 1 aliphatic rings. The van der Waals surface area contributed by atoms with Crippen molar-refractivity contribution >= 4 is 11.8 Å². The van der Waals surface area contributed by atoms with Crippen molar-refractivity contribution in [1.29, 1.82) is 0 Å². The zero-order valence-electron chi connectivity index (χ0n) is 14.9. The molecule has 1 N–H and O–H groups in total. The van der Waals surface area contributed by atoms with E-state index in [2.05, 4.69) is 19.2 Å². The topological polar surface area (TPSA) is 58.6 Å². The summed E-state index contributed by atoms with van der Waals surface area (Å²) in [6, 6.07) is 7.92. The summed E-state index contributed by atoms with van der Waals surface area (Å²) in [5.74, 6) is -0.116. The maximum atomic E-state index is 12.8. The summed E-state index contributed by atoms with van der Waals surface area (Å²) in [4.78, 5) is 26.9. The highest BCUT2D eigenvalue weighted by Crippen LogP contribution is 2.24. The Labute approximate surface area is 144 Å². The van der Waals surface area contributed by atoms with Gasteiger partial charge in [-0.1, -0.05) is 19.1 Å². The molecule has 2 rings (SSSR count). The first-order valence-electron chi connectivity index (χ1n) is 8.73. The molecule has 5 nitrogen and oxygen atoms in total. The summed E-state index contributed by atoms with van der Waals surface area (Å²) in [6.45, 7) is 5.64. The zero-order valence-corrected chi connectivity index (χ0v) is 14.9. The fourth-order valence-corrected chi connectivity index (χ4v) is 3.07. The van der Waals surface area contributed by atoms with E-state index < -0.39 is 0 Å². The minimum Gasteiger partial charge on any atom is -0.383 e. The fourth-order valence-electron chi connectivity index (χ4n) is 3.07. The van der Waals surface area contributed by atoms with E-state index in [9.17, 15) is 9.59 Å². The SMILES string of the molecule is CCc1ccc(C(=O)N2C[C@H](C(=O)NCCOC)CC[C@H]2C)cc1. The van der Waals surface area contributed by atoms with Crippen molar-refractivity contribution in [3.8, 4) is 0 Å². The van der Waals surface area contributed by atoms with Gasteiger partial charge in [0.1, 0.15) is 0 Å². The third-order valence-electron chi connectivity index (χ3n) is 4.73. The number of amides is 2. The van der Waals surface area contributed by atoms with Crippen molar-refractivity contribution in [2.45, 2.75) is 39.2 Å². The van der Waals surface area contributed by atoms with Gasteiger partial charge >= 0.3 is 0 Å². The van der Waals surface area contributed by atoms with Crippen LogP contribution in [0.15, 0.2) is 24.3 Å². The molecule has 0 spiro atoms. The minimum atomic E-state index is -0.142. The first kappa shape index (κ1) is 18.5. The molecule has 1 heterocycles. The van der Waals surface area contributed by atoms with Crippen molar-refractivity contribution in [2.24, 2.45) is 5.92 Å². The van der Waals surface area contributed by atoms with Gasteiger partial charge in [0.05, 0.1) is 12.5 Å². The lowest BCUT2D eigenvalue weighted by Crippen LogP contribution is -2.49. The first-order valence-corrected chi connectivity index (χ1v) is 8.73. The highest BCUT2D eigenvalue weighted by molar-refractivity contribution is 5.95. The summed E-state index contributed by atoms with van der Waals surface area (Å²) in [7, 11) is 1.61. The van der Waals surface area contributed by atoms with Gasteiger partial charge in [-0.25, -0.2) is 0 Å². The number of aryl methyl sites for hydroxylation is 1. The minimum absolute atomic E-state index is 0.0121. The molecule has 2 amide bonds. The maximum Gasteiger partial charge on any atom is 0.254 e.